The van der Waals surface area contributed by atoms with E-state index in [1.54, 1.807) is 14.0 Å². The number of likely N-dealkylation sites (N-methyl/N-ethyl adjacent to an activating group) is 1. The first-order valence-electron chi connectivity index (χ1n) is 4.99. The van der Waals surface area contributed by atoms with Crippen LogP contribution in [0, 0.1) is 5.92 Å². The van der Waals surface area contributed by atoms with Crippen LogP contribution in [-0.4, -0.2) is 48.8 Å². The van der Waals surface area contributed by atoms with E-state index in [0.29, 0.717) is 6.54 Å². The van der Waals surface area contributed by atoms with Crippen LogP contribution in [0.2, 0.25) is 0 Å². The second-order valence-electron chi connectivity index (χ2n) is 3.64. The maximum absolute atomic E-state index is 10.6. The molecule has 0 rings (SSSR count). The van der Waals surface area contributed by atoms with Gasteiger partial charge >= 0.3 is 5.97 Å². The molecule has 0 heterocycles. The first kappa shape index (κ1) is 13.4. The summed E-state index contributed by atoms with van der Waals surface area (Å²) in [7, 11) is 1.67. The van der Waals surface area contributed by atoms with Crippen molar-refractivity contribution >= 4 is 5.97 Å². The molecule has 0 aromatic rings. The Balaban J connectivity index is 3.96. The Morgan fingerprint density at radius 2 is 2.00 bits per heavy atom. The molecule has 0 radical (unpaired) electrons. The molecule has 4 heteroatoms. The average molecular weight is 203 g/mol. The van der Waals surface area contributed by atoms with Gasteiger partial charge in [-0.2, -0.15) is 0 Å². The number of carboxylic acid groups (broad SMARTS) is 1. The predicted octanol–water partition coefficient (Wildman–Crippen LogP) is 1.06. The van der Waals surface area contributed by atoms with Crippen LogP contribution in [0.4, 0.5) is 0 Å². The number of carbonyl (C=O) groups is 1. The van der Waals surface area contributed by atoms with Gasteiger partial charge in [0.15, 0.2) is 0 Å². The summed E-state index contributed by atoms with van der Waals surface area (Å²) in [5.41, 5.74) is 0. The molecule has 0 saturated heterocycles. The van der Waals surface area contributed by atoms with Crippen molar-refractivity contribution in [2.75, 3.05) is 26.7 Å². The van der Waals surface area contributed by atoms with Gasteiger partial charge in [-0.25, -0.2) is 0 Å². The van der Waals surface area contributed by atoms with Gasteiger partial charge in [0, 0.05) is 20.2 Å². The number of ether oxygens (including phenoxy) is 1. The highest BCUT2D eigenvalue weighted by molar-refractivity contribution is 5.69. The summed E-state index contributed by atoms with van der Waals surface area (Å²) in [6, 6.07) is 0. The Labute approximate surface area is 85.9 Å². The van der Waals surface area contributed by atoms with Gasteiger partial charge in [-0.3, -0.25) is 4.79 Å². The molecular formula is C10H21NO3. The molecule has 14 heavy (non-hydrogen) atoms. The summed E-state index contributed by atoms with van der Waals surface area (Å²) < 4.78 is 5.14. The number of aliphatic carboxylic acids is 1. The lowest BCUT2D eigenvalue weighted by atomic mass is 10.1. The van der Waals surface area contributed by atoms with E-state index >= 15 is 0 Å². The summed E-state index contributed by atoms with van der Waals surface area (Å²) in [4.78, 5) is 12.7. The van der Waals surface area contributed by atoms with Crippen molar-refractivity contribution in [1.29, 1.82) is 0 Å². The molecule has 4 nitrogen and oxygen atoms in total. The van der Waals surface area contributed by atoms with E-state index in [-0.39, 0.29) is 12.0 Å². The first-order valence-corrected chi connectivity index (χ1v) is 4.99. The molecule has 0 spiro atoms. The highest BCUT2D eigenvalue weighted by Crippen LogP contribution is 2.02. The average Bonchev–Trinajstić information content (AvgIpc) is 2.16. The molecule has 1 N–H and O–H groups in total. The Bertz CT molecular complexity index is 173. The van der Waals surface area contributed by atoms with Gasteiger partial charge in [-0.15, -0.1) is 0 Å². The third-order valence-electron chi connectivity index (χ3n) is 2.32. The van der Waals surface area contributed by atoms with Gasteiger partial charge in [0.1, 0.15) is 0 Å². The Hall–Kier alpha value is -0.610. The zero-order chi connectivity index (χ0) is 11.1. The van der Waals surface area contributed by atoms with E-state index < -0.39 is 5.97 Å². The zero-order valence-electron chi connectivity index (χ0n) is 9.49. The minimum absolute atomic E-state index is 0.149. The van der Waals surface area contributed by atoms with Gasteiger partial charge in [-0.05, 0) is 13.5 Å². The van der Waals surface area contributed by atoms with Gasteiger partial charge in [0.05, 0.1) is 12.0 Å². The predicted molar refractivity (Wildman–Crippen MR) is 55.4 cm³/mol. The minimum atomic E-state index is -0.742. The maximum Gasteiger partial charge on any atom is 0.307 e. The number of carboxylic acids is 1. The van der Waals surface area contributed by atoms with Crippen molar-refractivity contribution in [3.05, 3.63) is 0 Å². The fourth-order valence-corrected chi connectivity index (χ4v) is 1.24. The Morgan fingerprint density at radius 1 is 1.43 bits per heavy atom. The number of hydrogen-bond donors (Lipinski definition) is 1. The van der Waals surface area contributed by atoms with Crippen molar-refractivity contribution in [3.8, 4) is 0 Å². The second-order valence-corrected chi connectivity index (χ2v) is 3.64. The van der Waals surface area contributed by atoms with Crippen molar-refractivity contribution in [3.63, 3.8) is 0 Å². The molecule has 2 atom stereocenters. The van der Waals surface area contributed by atoms with Crippen molar-refractivity contribution < 1.29 is 14.6 Å². The molecule has 0 amide bonds. The lowest BCUT2D eigenvalue weighted by Gasteiger charge is -2.25. The summed E-state index contributed by atoms with van der Waals surface area (Å²) >= 11 is 0. The molecule has 0 fully saturated rings. The lowest BCUT2D eigenvalue weighted by molar-refractivity contribution is -0.141. The fourth-order valence-electron chi connectivity index (χ4n) is 1.24. The molecule has 0 aliphatic rings. The summed E-state index contributed by atoms with van der Waals surface area (Å²) in [6.07, 6.45) is 0.149. The van der Waals surface area contributed by atoms with Crippen LogP contribution >= 0.6 is 0 Å². The van der Waals surface area contributed by atoms with Gasteiger partial charge < -0.3 is 14.7 Å². The quantitative estimate of drug-likeness (QED) is 0.672. The van der Waals surface area contributed by atoms with E-state index in [2.05, 4.69) is 4.90 Å². The van der Waals surface area contributed by atoms with E-state index in [0.717, 1.165) is 13.1 Å². The van der Waals surface area contributed by atoms with Crippen molar-refractivity contribution in [2.45, 2.75) is 26.9 Å². The largest absolute Gasteiger partial charge is 0.481 e. The van der Waals surface area contributed by atoms with Crippen molar-refractivity contribution in [1.82, 2.24) is 4.90 Å². The standard InChI is InChI=1S/C10H21NO3/c1-5-11(7-9(3)14-4)6-8(2)10(12)13/h8-9H,5-7H2,1-4H3,(H,12,13). The molecule has 84 valence electrons. The van der Waals surface area contributed by atoms with Gasteiger partial charge in [-0.1, -0.05) is 13.8 Å². The van der Waals surface area contributed by atoms with Gasteiger partial charge in [0.2, 0.25) is 0 Å². The molecule has 0 aromatic heterocycles. The van der Waals surface area contributed by atoms with Gasteiger partial charge in [0.25, 0.3) is 0 Å². The van der Waals surface area contributed by atoms with Crippen LogP contribution in [0.5, 0.6) is 0 Å². The van der Waals surface area contributed by atoms with E-state index in [9.17, 15) is 4.79 Å². The van der Waals surface area contributed by atoms with Crippen LogP contribution in [-0.2, 0) is 9.53 Å². The number of methoxy groups -OCH3 is 1. The highest BCUT2D eigenvalue weighted by atomic mass is 16.5. The smallest absolute Gasteiger partial charge is 0.307 e. The van der Waals surface area contributed by atoms with Crippen LogP contribution in [0.1, 0.15) is 20.8 Å². The fraction of sp³-hybridized carbons (Fsp3) is 0.900. The van der Waals surface area contributed by atoms with Crippen LogP contribution in [0.15, 0.2) is 0 Å². The molecule has 0 aliphatic heterocycles. The molecule has 0 saturated carbocycles. The minimum Gasteiger partial charge on any atom is -0.481 e. The maximum atomic E-state index is 10.6. The number of nitrogens with zero attached hydrogens (tertiary/aromatic N) is 1. The first-order chi connectivity index (χ1) is 6.51. The highest BCUT2D eigenvalue weighted by Gasteiger charge is 2.16. The van der Waals surface area contributed by atoms with E-state index in [1.165, 1.54) is 0 Å². The van der Waals surface area contributed by atoms with Crippen LogP contribution < -0.4 is 0 Å². The normalized spacial score (nSPS) is 15.5. The Morgan fingerprint density at radius 3 is 2.36 bits per heavy atom. The summed E-state index contributed by atoms with van der Waals surface area (Å²) in [6.45, 7) is 7.95. The number of hydrogen-bond acceptors (Lipinski definition) is 3. The topological polar surface area (TPSA) is 49.8 Å². The van der Waals surface area contributed by atoms with Crippen LogP contribution in [0.25, 0.3) is 0 Å². The van der Waals surface area contributed by atoms with Crippen LogP contribution in [0.3, 0.4) is 0 Å². The molecule has 0 aromatic carbocycles. The summed E-state index contributed by atoms with van der Waals surface area (Å²) in [5.74, 6) is -1.06. The molecule has 0 bridgehead atoms. The molecular weight excluding hydrogens is 182 g/mol. The van der Waals surface area contributed by atoms with E-state index in [4.69, 9.17) is 9.84 Å². The Kier molecular flexibility index (Phi) is 6.49. The molecule has 2 unspecified atom stereocenters. The van der Waals surface area contributed by atoms with E-state index in [1.807, 2.05) is 13.8 Å². The SMILES string of the molecule is CCN(CC(C)OC)CC(C)C(=O)O. The summed E-state index contributed by atoms with van der Waals surface area (Å²) in [5, 5.41) is 8.76. The number of rotatable bonds is 7. The third kappa shape index (κ3) is 5.19. The lowest BCUT2D eigenvalue weighted by Crippen LogP contribution is -2.37. The molecule has 0 aliphatic carbocycles. The van der Waals surface area contributed by atoms with Crippen molar-refractivity contribution in [2.24, 2.45) is 5.92 Å². The second kappa shape index (κ2) is 6.79. The third-order valence-corrected chi connectivity index (χ3v) is 2.32. The monoisotopic (exact) mass is 203 g/mol. The zero-order valence-corrected chi connectivity index (χ0v) is 9.49.